The van der Waals surface area contributed by atoms with E-state index in [1.165, 1.54) is 16.7 Å². The molecule has 0 aromatic rings. The minimum absolute atomic E-state index is 0.157. The highest BCUT2D eigenvalue weighted by Gasteiger charge is 2.06. The Bertz CT molecular complexity index is 305. The van der Waals surface area contributed by atoms with Gasteiger partial charge < -0.3 is 9.84 Å². The summed E-state index contributed by atoms with van der Waals surface area (Å²) in [6.07, 6.45) is 10.9. The van der Waals surface area contributed by atoms with Gasteiger partial charge in [-0.05, 0) is 45.1 Å². The van der Waals surface area contributed by atoms with Crippen molar-refractivity contribution in [2.45, 2.75) is 39.5 Å². The standard InChI is InChI=1S/C15H24O2/c1-13(5-3-6-14(2)9-10-16)7-4-8-15-11-17-12-15/h5,8-9,16H,3-4,6-7,10-12H2,1-2H3/b13-5+,14-9-. The number of rotatable bonds is 7. The Kier molecular flexibility index (Phi) is 6.90. The Morgan fingerprint density at radius 1 is 1.12 bits per heavy atom. The normalized spacial score (nSPS) is 17.0. The molecule has 0 saturated carbocycles. The van der Waals surface area contributed by atoms with Crippen molar-refractivity contribution in [2.24, 2.45) is 0 Å². The van der Waals surface area contributed by atoms with Crippen LogP contribution in [0.4, 0.5) is 0 Å². The third-order valence-corrected chi connectivity index (χ3v) is 3.02. The fourth-order valence-electron chi connectivity index (χ4n) is 1.75. The molecule has 1 rings (SSSR count). The SMILES string of the molecule is C/C(=C/CO)CC/C=C(\C)CCC=C1COC1. The Morgan fingerprint density at radius 3 is 2.35 bits per heavy atom. The van der Waals surface area contributed by atoms with Gasteiger partial charge in [0.2, 0.25) is 0 Å². The first-order chi connectivity index (χ1) is 8.22. The van der Waals surface area contributed by atoms with Crippen molar-refractivity contribution < 1.29 is 9.84 Å². The summed E-state index contributed by atoms with van der Waals surface area (Å²) in [5.74, 6) is 0. The highest BCUT2D eigenvalue weighted by atomic mass is 16.5. The van der Waals surface area contributed by atoms with E-state index in [4.69, 9.17) is 9.84 Å². The molecule has 0 unspecified atom stereocenters. The van der Waals surface area contributed by atoms with Gasteiger partial charge in [0.05, 0.1) is 19.8 Å². The molecule has 0 aromatic carbocycles. The minimum atomic E-state index is 0.157. The first kappa shape index (κ1) is 14.2. The zero-order valence-electron chi connectivity index (χ0n) is 11.0. The van der Waals surface area contributed by atoms with Crippen molar-refractivity contribution in [3.63, 3.8) is 0 Å². The molecule has 2 heteroatoms. The summed E-state index contributed by atoms with van der Waals surface area (Å²) in [4.78, 5) is 0. The number of hydrogen-bond donors (Lipinski definition) is 1. The first-order valence-electron chi connectivity index (χ1n) is 6.40. The quantitative estimate of drug-likeness (QED) is 0.687. The van der Waals surface area contributed by atoms with E-state index in [1.807, 2.05) is 6.08 Å². The van der Waals surface area contributed by atoms with Crippen molar-refractivity contribution in [3.8, 4) is 0 Å². The summed E-state index contributed by atoms with van der Waals surface area (Å²) < 4.78 is 5.10. The molecular formula is C15H24O2. The van der Waals surface area contributed by atoms with Crippen LogP contribution in [0.5, 0.6) is 0 Å². The van der Waals surface area contributed by atoms with Crippen LogP contribution in [0.1, 0.15) is 39.5 Å². The van der Waals surface area contributed by atoms with Crippen molar-refractivity contribution in [1.82, 2.24) is 0 Å². The average molecular weight is 236 g/mol. The monoisotopic (exact) mass is 236 g/mol. The van der Waals surface area contributed by atoms with Gasteiger partial charge in [0.1, 0.15) is 0 Å². The van der Waals surface area contributed by atoms with Gasteiger partial charge in [0.15, 0.2) is 0 Å². The van der Waals surface area contributed by atoms with Crippen LogP contribution < -0.4 is 0 Å². The Morgan fingerprint density at radius 2 is 1.76 bits per heavy atom. The average Bonchev–Trinajstić information content (AvgIpc) is 2.22. The molecule has 17 heavy (non-hydrogen) atoms. The highest BCUT2D eigenvalue weighted by molar-refractivity contribution is 5.10. The number of aliphatic hydroxyl groups is 1. The second-order valence-electron chi connectivity index (χ2n) is 4.72. The smallest absolute Gasteiger partial charge is 0.0703 e. The Labute approximate surface area is 105 Å². The molecule has 0 spiro atoms. The lowest BCUT2D eigenvalue weighted by atomic mass is 10.1. The molecule has 0 aliphatic carbocycles. The number of allylic oxidation sites excluding steroid dienone is 4. The third-order valence-electron chi connectivity index (χ3n) is 3.02. The Balaban J connectivity index is 2.13. The fraction of sp³-hybridized carbons (Fsp3) is 0.600. The second-order valence-corrected chi connectivity index (χ2v) is 4.72. The van der Waals surface area contributed by atoms with E-state index in [0.717, 1.165) is 38.9 Å². The van der Waals surface area contributed by atoms with Crippen LogP contribution in [0.2, 0.25) is 0 Å². The van der Waals surface area contributed by atoms with Crippen molar-refractivity contribution in [1.29, 1.82) is 0 Å². The molecule has 0 atom stereocenters. The fourth-order valence-corrected chi connectivity index (χ4v) is 1.75. The lowest BCUT2D eigenvalue weighted by Gasteiger charge is -2.17. The maximum Gasteiger partial charge on any atom is 0.0703 e. The molecule has 0 bridgehead atoms. The van der Waals surface area contributed by atoms with Crippen LogP contribution in [-0.2, 0) is 4.74 Å². The third kappa shape index (κ3) is 6.44. The van der Waals surface area contributed by atoms with E-state index in [2.05, 4.69) is 26.0 Å². The lowest BCUT2D eigenvalue weighted by Crippen LogP contribution is -2.15. The molecule has 0 amide bonds. The topological polar surface area (TPSA) is 29.5 Å². The molecular weight excluding hydrogens is 212 g/mol. The molecule has 0 radical (unpaired) electrons. The number of ether oxygens (including phenoxy) is 1. The van der Waals surface area contributed by atoms with E-state index in [9.17, 15) is 0 Å². The summed E-state index contributed by atoms with van der Waals surface area (Å²) in [7, 11) is 0. The summed E-state index contributed by atoms with van der Waals surface area (Å²) >= 11 is 0. The predicted octanol–water partition coefficient (Wildman–Crippen LogP) is 3.39. The van der Waals surface area contributed by atoms with Crippen LogP contribution in [0.25, 0.3) is 0 Å². The van der Waals surface area contributed by atoms with E-state index in [-0.39, 0.29) is 6.61 Å². The summed E-state index contributed by atoms with van der Waals surface area (Å²) in [5, 5.41) is 8.73. The first-order valence-corrected chi connectivity index (χ1v) is 6.40. The highest BCUT2D eigenvalue weighted by Crippen LogP contribution is 2.14. The van der Waals surface area contributed by atoms with E-state index in [1.54, 1.807) is 0 Å². The zero-order valence-corrected chi connectivity index (χ0v) is 11.0. The molecule has 1 aliphatic heterocycles. The molecule has 2 nitrogen and oxygen atoms in total. The van der Waals surface area contributed by atoms with Gasteiger partial charge in [0, 0.05) is 0 Å². The van der Waals surface area contributed by atoms with Gasteiger partial charge >= 0.3 is 0 Å². The van der Waals surface area contributed by atoms with E-state index >= 15 is 0 Å². The maximum absolute atomic E-state index is 8.73. The van der Waals surface area contributed by atoms with Crippen molar-refractivity contribution in [3.05, 3.63) is 34.9 Å². The summed E-state index contributed by atoms with van der Waals surface area (Å²) in [6.45, 7) is 6.10. The molecule has 1 N–H and O–H groups in total. The van der Waals surface area contributed by atoms with Crippen LogP contribution in [0.3, 0.4) is 0 Å². The molecule has 1 aliphatic rings. The molecule has 1 saturated heterocycles. The van der Waals surface area contributed by atoms with Gasteiger partial charge in [0.25, 0.3) is 0 Å². The predicted molar refractivity (Wildman–Crippen MR) is 72.0 cm³/mol. The van der Waals surface area contributed by atoms with Gasteiger partial charge in [-0.3, -0.25) is 0 Å². The molecule has 96 valence electrons. The van der Waals surface area contributed by atoms with Gasteiger partial charge in [-0.2, -0.15) is 0 Å². The van der Waals surface area contributed by atoms with Crippen molar-refractivity contribution >= 4 is 0 Å². The summed E-state index contributed by atoms with van der Waals surface area (Å²) in [5.41, 5.74) is 4.17. The van der Waals surface area contributed by atoms with Gasteiger partial charge in [-0.15, -0.1) is 0 Å². The number of aliphatic hydroxyl groups excluding tert-OH is 1. The maximum atomic E-state index is 8.73. The molecule has 1 heterocycles. The van der Waals surface area contributed by atoms with Gasteiger partial charge in [-0.1, -0.05) is 29.4 Å². The van der Waals surface area contributed by atoms with E-state index < -0.39 is 0 Å². The molecule has 1 fully saturated rings. The van der Waals surface area contributed by atoms with Crippen molar-refractivity contribution in [2.75, 3.05) is 19.8 Å². The van der Waals surface area contributed by atoms with Crippen LogP contribution in [0.15, 0.2) is 34.9 Å². The van der Waals surface area contributed by atoms with Gasteiger partial charge in [-0.25, -0.2) is 0 Å². The Hall–Kier alpha value is -0.860. The van der Waals surface area contributed by atoms with Crippen LogP contribution >= 0.6 is 0 Å². The minimum Gasteiger partial charge on any atom is -0.392 e. The number of hydrogen-bond acceptors (Lipinski definition) is 2. The summed E-state index contributed by atoms with van der Waals surface area (Å²) in [6, 6.07) is 0. The molecule has 0 aromatic heterocycles. The lowest BCUT2D eigenvalue weighted by molar-refractivity contribution is 0.102. The second kappa shape index (κ2) is 8.26. The zero-order chi connectivity index (χ0) is 12.5. The van der Waals surface area contributed by atoms with Crippen LogP contribution in [0, 0.1) is 0 Å². The largest absolute Gasteiger partial charge is 0.392 e. The van der Waals surface area contributed by atoms with E-state index in [0.29, 0.717) is 0 Å². The van der Waals surface area contributed by atoms with Crippen LogP contribution in [-0.4, -0.2) is 24.9 Å².